The van der Waals surface area contributed by atoms with Crippen molar-refractivity contribution in [2.24, 2.45) is 22.9 Å². The first kappa shape index (κ1) is 8.85. The van der Waals surface area contributed by atoms with Crippen molar-refractivity contribution in [1.29, 1.82) is 0 Å². The van der Waals surface area contributed by atoms with Crippen LogP contribution in [0.5, 0.6) is 0 Å². The van der Waals surface area contributed by atoms with E-state index in [1.807, 2.05) is 0 Å². The minimum Gasteiger partial charge on any atom is -0.0937 e. The summed E-state index contributed by atoms with van der Waals surface area (Å²) in [7, 11) is 0. The van der Waals surface area contributed by atoms with E-state index in [1.165, 1.54) is 12.8 Å². The molecule has 12 heavy (non-hydrogen) atoms. The Balaban J connectivity index is 1.86. The maximum Gasteiger partial charge on any atom is 0.0868 e. The van der Waals surface area contributed by atoms with E-state index < -0.39 is 0 Å². The lowest BCUT2D eigenvalue weighted by Crippen LogP contribution is -2.07. The Hall–Kier alpha value is 0.270. The second kappa shape index (κ2) is 2.89. The van der Waals surface area contributed by atoms with Gasteiger partial charge in [-0.15, -0.1) is 0 Å². The Labute approximate surface area is 87.8 Å². The average molecular weight is 295 g/mol. The second-order valence-corrected chi connectivity index (χ2v) is 7.33. The largest absolute Gasteiger partial charge is 0.0937 e. The average Bonchev–Trinajstić information content (AvgIpc) is 2.51. The molecule has 3 nitrogen and oxygen atoms in total. The van der Waals surface area contributed by atoms with Crippen LogP contribution in [0, 0.1) is 17.8 Å². The molecule has 0 amide bonds. The van der Waals surface area contributed by atoms with Gasteiger partial charge in [-0.2, -0.15) is 0 Å². The molecule has 0 radical (unpaired) electrons. The Morgan fingerprint density at radius 2 is 2.00 bits per heavy atom. The van der Waals surface area contributed by atoms with Gasteiger partial charge in [-0.3, -0.25) is 0 Å². The third kappa shape index (κ3) is 1.28. The maximum absolute atomic E-state index is 8.15. The summed E-state index contributed by atoms with van der Waals surface area (Å²) in [5, 5.41) is 3.61. The summed E-state index contributed by atoms with van der Waals surface area (Å²) in [5.41, 5.74) is 8.15. The van der Waals surface area contributed by atoms with Crippen LogP contribution < -0.4 is 0 Å². The Morgan fingerprint density at radius 3 is 2.50 bits per heavy atom. The summed E-state index contributed by atoms with van der Waals surface area (Å²) in [6.07, 6.45) is 2.39. The molecule has 0 spiro atoms. The number of rotatable bonds is 2. The third-order valence-electron chi connectivity index (χ3n) is 2.94. The number of alkyl halides is 2. The van der Waals surface area contributed by atoms with E-state index in [0.29, 0.717) is 12.5 Å². The lowest BCUT2D eigenvalue weighted by molar-refractivity contribution is 0.498. The number of fused-ring (bicyclic) bond motifs is 1. The molecule has 0 bridgehead atoms. The van der Waals surface area contributed by atoms with Gasteiger partial charge in [0.1, 0.15) is 0 Å². The Kier molecular flexibility index (Phi) is 2.13. The number of hydrogen-bond acceptors (Lipinski definition) is 1. The molecule has 2 rings (SSSR count). The van der Waals surface area contributed by atoms with Crippen molar-refractivity contribution >= 4 is 31.9 Å². The summed E-state index contributed by atoms with van der Waals surface area (Å²) in [6, 6.07) is 0. The van der Waals surface area contributed by atoms with Gasteiger partial charge in [-0.05, 0) is 36.1 Å². The molecule has 0 aromatic heterocycles. The highest BCUT2D eigenvalue weighted by Crippen LogP contribution is 2.70. The second-order valence-electron chi connectivity index (χ2n) is 3.64. The molecule has 0 aliphatic heterocycles. The zero-order valence-corrected chi connectivity index (χ0v) is 9.62. The van der Waals surface area contributed by atoms with Gasteiger partial charge in [-0.1, -0.05) is 37.0 Å². The molecule has 2 aliphatic rings. The molecule has 2 fully saturated rings. The van der Waals surface area contributed by atoms with E-state index in [4.69, 9.17) is 5.53 Å². The van der Waals surface area contributed by atoms with E-state index in [-0.39, 0.29) is 3.23 Å². The van der Waals surface area contributed by atoms with Gasteiger partial charge < -0.3 is 0 Å². The molecule has 2 aliphatic carbocycles. The Bertz CT molecular complexity index is 233. The van der Waals surface area contributed by atoms with Crippen LogP contribution in [0.1, 0.15) is 12.8 Å². The monoisotopic (exact) mass is 293 g/mol. The van der Waals surface area contributed by atoms with Gasteiger partial charge >= 0.3 is 0 Å². The van der Waals surface area contributed by atoms with E-state index in [0.717, 1.165) is 11.8 Å². The molecule has 0 aromatic rings. The van der Waals surface area contributed by atoms with Crippen LogP contribution in [-0.2, 0) is 0 Å². The first-order chi connectivity index (χ1) is 5.66. The van der Waals surface area contributed by atoms with Gasteiger partial charge in [0.05, 0.1) is 3.23 Å². The maximum atomic E-state index is 8.15. The SMILES string of the molecule is [N-]=[N+]=NCC1C[C@@H]2[C@H](C1)C2(Br)Br. The van der Waals surface area contributed by atoms with Gasteiger partial charge in [-0.25, -0.2) is 0 Å². The zero-order valence-electron chi connectivity index (χ0n) is 6.45. The van der Waals surface area contributed by atoms with Crippen LogP contribution in [0.2, 0.25) is 0 Å². The molecule has 2 saturated carbocycles. The van der Waals surface area contributed by atoms with Gasteiger partial charge in [0, 0.05) is 11.5 Å². The highest BCUT2D eigenvalue weighted by Gasteiger charge is 2.65. The number of azide groups is 1. The molecule has 0 heterocycles. The van der Waals surface area contributed by atoms with Crippen molar-refractivity contribution in [1.82, 2.24) is 0 Å². The quantitative estimate of drug-likeness (QED) is 0.324. The van der Waals surface area contributed by atoms with Crippen molar-refractivity contribution in [2.75, 3.05) is 6.54 Å². The summed E-state index contributed by atoms with van der Waals surface area (Å²) >= 11 is 7.28. The summed E-state index contributed by atoms with van der Waals surface area (Å²) in [6.45, 7) is 0.680. The van der Waals surface area contributed by atoms with Crippen molar-refractivity contribution in [3.05, 3.63) is 10.4 Å². The lowest BCUT2D eigenvalue weighted by Gasteiger charge is -2.11. The van der Waals surface area contributed by atoms with Crippen molar-refractivity contribution in [2.45, 2.75) is 16.1 Å². The van der Waals surface area contributed by atoms with Gasteiger partial charge in [0.25, 0.3) is 0 Å². The van der Waals surface area contributed by atoms with E-state index in [2.05, 4.69) is 41.9 Å². The molecule has 0 N–H and O–H groups in total. The zero-order chi connectivity index (χ0) is 8.77. The first-order valence-corrected chi connectivity index (χ1v) is 5.63. The van der Waals surface area contributed by atoms with Crippen molar-refractivity contribution < 1.29 is 0 Å². The normalized spacial score (nSPS) is 41.7. The molecular formula is C7H9Br2N3. The third-order valence-corrected chi connectivity index (χ3v) is 5.30. The van der Waals surface area contributed by atoms with Gasteiger partial charge in [0.15, 0.2) is 0 Å². The smallest absolute Gasteiger partial charge is 0.0868 e. The molecule has 1 unspecified atom stereocenters. The fraction of sp³-hybridized carbons (Fsp3) is 1.00. The Morgan fingerprint density at radius 1 is 1.42 bits per heavy atom. The van der Waals surface area contributed by atoms with E-state index in [9.17, 15) is 0 Å². The standard InChI is InChI=1S/C7H9Br2N3/c8-7(9)5-1-4(2-6(5)7)3-11-12-10/h4-6H,1-3H2/t4?,5-,6+. The molecular weight excluding hydrogens is 286 g/mol. The van der Waals surface area contributed by atoms with E-state index >= 15 is 0 Å². The van der Waals surface area contributed by atoms with Crippen LogP contribution in [0.4, 0.5) is 0 Å². The molecule has 5 heteroatoms. The number of nitrogens with zero attached hydrogens (tertiary/aromatic N) is 3. The van der Waals surface area contributed by atoms with E-state index in [1.54, 1.807) is 0 Å². The summed E-state index contributed by atoms with van der Waals surface area (Å²) < 4.78 is 0.229. The van der Waals surface area contributed by atoms with Crippen LogP contribution >= 0.6 is 31.9 Å². The fourth-order valence-electron chi connectivity index (χ4n) is 2.22. The van der Waals surface area contributed by atoms with Crippen LogP contribution in [0.3, 0.4) is 0 Å². The first-order valence-electron chi connectivity index (χ1n) is 4.05. The summed E-state index contributed by atoms with van der Waals surface area (Å²) in [5.74, 6) is 2.15. The molecule has 0 aromatic carbocycles. The van der Waals surface area contributed by atoms with Crippen molar-refractivity contribution in [3.8, 4) is 0 Å². The van der Waals surface area contributed by atoms with Crippen molar-refractivity contribution in [3.63, 3.8) is 0 Å². The van der Waals surface area contributed by atoms with Crippen LogP contribution in [-0.4, -0.2) is 9.78 Å². The predicted molar refractivity (Wildman–Crippen MR) is 54.3 cm³/mol. The minimum atomic E-state index is 0.229. The predicted octanol–water partition coefficient (Wildman–Crippen LogP) is 3.44. The molecule has 66 valence electrons. The van der Waals surface area contributed by atoms with Crippen LogP contribution in [0.15, 0.2) is 5.11 Å². The topological polar surface area (TPSA) is 48.8 Å². The highest BCUT2D eigenvalue weighted by molar-refractivity contribution is 9.25. The minimum absolute atomic E-state index is 0.229. The fourth-order valence-corrected chi connectivity index (χ4v) is 3.98. The lowest BCUT2D eigenvalue weighted by atomic mass is 10.0. The highest BCUT2D eigenvalue weighted by atomic mass is 79.9. The number of halogens is 2. The molecule has 3 atom stereocenters. The molecule has 0 saturated heterocycles. The van der Waals surface area contributed by atoms with Gasteiger partial charge in [0.2, 0.25) is 0 Å². The van der Waals surface area contributed by atoms with Crippen LogP contribution in [0.25, 0.3) is 10.4 Å². The summed E-state index contributed by atoms with van der Waals surface area (Å²) in [4.78, 5) is 2.78. The number of hydrogen-bond donors (Lipinski definition) is 0.